The van der Waals surface area contributed by atoms with Crippen LogP contribution in [0.5, 0.6) is 0 Å². The Kier molecular flexibility index (Phi) is 4.74. The van der Waals surface area contributed by atoms with E-state index in [1.807, 2.05) is 18.2 Å². The number of aromatic nitrogens is 1. The van der Waals surface area contributed by atoms with Crippen molar-refractivity contribution in [3.63, 3.8) is 0 Å². The van der Waals surface area contributed by atoms with Crippen molar-refractivity contribution < 1.29 is 9.53 Å². The maximum Gasteiger partial charge on any atom is 0.412 e. The molecular formula is C15H16BrClN2O2. The van der Waals surface area contributed by atoms with Crippen LogP contribution in [0.4, 0.5) is 10.5 Å². The Labute approximate surface area is 137 Å². The van der Waals surface area contributed by atoms with Crippen molar-refractivity contribution in [3.8, 4) is 0 Å². The number of rotatable bonds is 2. The van der Waals surface area contributed by atoms with Crippen LogP contribution in [0.2, 0.25) is 5.02 Å². The highest BCUT2D eigenvalue weighted by atomic mass is 79.9. The second-order valence-electron chi connectivity index (χ2n) is 5.60. The first-order valence-corrected chi connectivity index (χ1v) is 7.93. The molecule has 0 saturated carbocycles. The Morgan fingerprint density at radius 2 is 2.14 bits per heavy atom. The third-order valence-corrected chi connectivity index (χ3v) is 3.71. The molecule has 2 rings (SSSR count). The maximum absolute atomic E-state index is 11.8. The van der Waals surface area contributed by atoms with E-state index in [1.165, 1.54) is 6.20 Å². The predicted octanol–water partition coefficient (Wildman–Crippen LogP) is 5.13. The van der Waals surface area contributed by atoms with Crippen LogP contribution >= 0.6 is 27.5 Å². The lowest BCUT2D eigenvalue weighted by molar-refractivity contribution is 0.0636. The van der Waals surface area contributed by atoms with E-state index in [0.717, 1.165) is 21.8 Å². The number of amides is 1. The minimum absolute atomic E-state index is 0.435. The number of carbonyl (C=O) groups is 1. The average Bonchev–Trinajstić information content (AvgIpc) is 2.39. The van der Waals surface area contributed by atoms with Crippen LogP contribution < -0.4 is 5.32 Å². The molecule has 0 bridgehead atoms. The number of hydrogen-bond donors (Lipinski definition) is 1. The van der Waals surface area contributed by atoms with E-state index < -0.39 is 11.7 Å². The number of pyridine rings is 1. The lowest BCUT2D eigenvalue weighted by Gasteiger charge is -2.20. The van der Waals surface area contributed by atoms with Crippen molar-refractivity contribution in [2.75, 3.05) is 5.32 Å². The van der Waals surface area contributed by atoms with Crippen molar-refractivity contribution in [1.29, 1.82) is 0 Å². The molecule has 0 saturated heterocycles. The molecule has 112 valence electrons. The third kappa shape index (κ3) is 4.08. The van der Waals surface area contributed by atoms with Gasteiger partial charge in [0.2, 0.25) is 0 Å². The Hall–Kier alpha value is -1.33. The van der Waals surface area contributed by atoms with Gasteiger partial charge in [-0.05, 0) is 38.5 Å². The highest BCUT2D eigenvalue weighted by Crippen LogP contribution is 2.30. The molecule has 2 aromatic rings. The zero-order valence-electron chi connectivity index (χ0n) is 12.0. The standard InChI is InChI=1S/C15H16BrClN2O2/c1-15(2,3)21-14(20)19-12-8-18-11-5-4-9(7-16)6-10(11)13(12)17/h4-6,8H,7H2,1-3H3,(H,19,20). The largest absolute Gasteiger partial charge is 0.444 e. The van der Waals surface area contributed by atoms with Gasteiger partial charge in [0.15, 0.2) is 0 Å². The molecule has 0 unspecified atom stereocenters. The second kappa shape index (κ2) is 6.20. The first-order chi connectivity index (χ1) is 9.80. The highest BCUT2D eigenvalue weighted by Gasteiger charge is 2.18. The molecule has 0 aliphatic carbocycles. The van der Waals surface area contributed by atoms with Crippen LogP contribution in [-0.4, -0.2) is 16.7 Å². The molecule has 1 heterocycles. The van der Waals surface area contributed by atoms with E-state index in [4.69, 9.17) is 16.3 Å². The van der Waals surface area contributed by atoms with Gasteiger partial charge in [0.05, 0.1) is 22.4 Å². The van der Waals surface area contributed by atoms with Gasteiger partial charge < -0.3 is 4.74 Å². The van der Waals surface area contributed by atoms with Gasteiger partial charge in [-0.1, -0.05) is 33.6 Å². The number of halogens is 2. The number of nitrogens with one attached hydrogen (secondary N) is 1. The predicted molar refractivity (Wildman–Crippen MR) is 89.2 cm³/mol. The molecule has 1 aromatic carbocycles. The molecule has 6 heteroatoms. The number of carbonyl (C=O) groups excluding carboxylic acids is 1. The van der Waals surface area contributed by atoms with Gasteiger partial charge in [-0.25, -0.2) is 4.79 Å². The van der Waals surface area contributed by atoms with Crippen LogP contribution in [0.15, 0.2) is 24.4 Å². The van der Waals surface area contributed by atoms with Gasteiger partial charge in [-0.15, -0.1) is 0 Å². The summed E-state index contributed by atoms with van der Waals surface area (Å²) in [4.78, 5) is 16.1. The number of benzene rings is 1. The van der Waals surface area contributed by atoms with Crippen LogP contribution in [0.25, 0.3) is 10.9 Å². The molecular weight excluding hydrogens is 356 g/mol. The monoisotopic (exact) mass is 370 g/mol. The maximum atomic E-state index is 11.8. The molecule has 0 aliphatic rings. The smallest absolute Gasteiger partial charge is 0.412 e. The number of ether oxygens (including phenoxy) is 1. The summed E-state index contributed by atoms with van der Waals surface area (Å²) in [6, 6.07) is 5.82. The fourth-order valence-corrected chi connectivity index (χ4v) is 2.39. The molecule has 21 heavy (non-hydrogen) atoms. The summed E-state index contributed by atoms with van der Waals surface area (Å²) in [7, 11) is 0. The SMILES string of the molecule is CC(C)(C)OC(=O)Nc1cnc2ccc(CBr)cc2c1Cl. The first kappa shape index (κ1) is 16.0. The fourth-order valence-electron chi connectivity index (χ4n) is 1.79. The summed E-state index contributed by atoms with van der Waals surface area (Å²) in [6.07, 6.45) is 0.977. The molecule has 0 radical (unpaired) electrons. The fraction of sp³-hybridized carbons (Fsp3) is 0.333. The van der Waals surface area contributed by atoms with Gasteiger partial charge in [0, 0.05) is 10.7 Å². The Bertz CT molecular complexity index is 683. The van der Waals surface area contributed by atoms with Crippen LogP contribution in [0.3, 0.4) is 0 Å². The number of anilines is 1. The highest BCUT2D eigenvalue weighted by molar-refractivity contribution is 9.08. The van der Waals surface area contributed by atoms with E-state index in [1.54, 1.807) is 20.8 Å². The number of hydrogen-bond acceptors (Lipinski definition) is 3. The zero-order valence-corrected chi connectivity index (χ0v) is 14.4. The van der Waals surface area contributed by atoms with E-state index in [2.05, 4.69) is 26.2 Å². The van der Waals surface area contributed by atoms with E-state index in [0.29, 0.717) is 10.7 Å². The summed E-state index contributed by atoms with van der Waals surface area (Å²) in [6.45, 7) is 5.40. The number of alkyl halides is 1. The second-order valence-corrected chi connectivity index (χ2v) is 6.54. The van der Waals surface area contributed by atoms with Gasteiger partial charge >= 0.3 is 6.09 Å². The van der Waals surface area contributed by atoms with E-state index in [-0.39, 0.29) is 0 Å². The molecule has 1 aromatic heterocycles. The van der Waals surface area contributed by atoms with Crippen molar-refractivity contribution >= 4 is 50.2 Å². The number of fused-ring (bicyclic) bond motifs is 1. The Morgan fingerprint density at radius 3 is 2.76 bits per heavy atom. The van der Waals surface area contributed by atoms with Gasteiger partial charge in [-0.3, -0.25) is 10.3 Å². The summed E-state index contributed by atoms with van der Waals surface area (Å²) in [5.74, 6) is 0. The summed E-state index contributed by atoms with van der Waals surface area (Å²) in [5, 5.41) is 4.60. The zero-order chi connectivity index (χ0) is 15.6. The lowest BCUT2D eigenvalue weighted by atomic mass is 10.1. The molecule has 1 N–H and O–H groups in total. The van der Waals surface area contributed by atoms with Gasteiger partial charge in [-0.2, -0.15) is 0 Å². The summed E-state index contributed by atoms with van der Waals surface area (Å²) < 4.78 is 5.21. The van der Waals surface area contributed by atoms with Crippen molar-refractivity contribution in [2.45, 2.75) is 31.7 Å². The molecule has 0 fully saturated rings. The van der Waals surface area contributed by atoms with Crippen molar-refractivity contribution in [1.82, 2.24) is 4.98 Å². The van der Waals surface area contributed by atoms with Crippen molar-refractivity contribution in [2.24, 2.45) is 0 Å². The molecule has 1 amide bonds. The van der Waals surface area contributed by atoms with Gasteiger partial charge in [0.25, 0.3) is 0 Å². The number of nitrogens with zero attached hydrogens (tertiary/aromatic N) is 1. The van der Waals surface area contributed by atoms with Crippen LogP contribution in [0, 0.1) is 0 Å². The summed E-state index contributed by atoms with van der Waals surface area (Å²) >= 11 is 9.77. The van der Waals surface area contributed by atoms with Crippen LogP contribution in [0.1, 0.15) is 26.3 Å². The molecule has 0 aliphatic heterocycles. The lowest BCUT2D eigenvalue weighted by Crippen LogP contribution is -2.27. The molecule has 0 spiro atoms. The molecule has 0 atom stereocenters. The third-order valence-electron chi connectivity index (χ3n) is 2.66. The normalized spacial score (nSPS) is 11.5. The topological polar surface area (TPSA) is 51.2 Å². The first-order valence-electron chi connectivity index (χ1n) is 6.43. The Morgan fingerprint density at radius 1 is 1.43 bits per heavy atom. The summed E-state index contributed by atoms with van der Waals surface area (Å²) in [5.41, 5.74) is 1.73. The van der Waals surface area contributed by atoms with Crippen molar-refractivity contribution in [3.05, 3.63) is 35.0 Å². The van der Waals surface area contributed by atoms with E-state index in [9.17, 15) is 4.79 Å². The quantitative estimate of drug-likeness (QED) is 0.744. The molecule has 4 nitrogen and oxygen atoms in total. The minimum Gasteiger partial charge on any atom is -0.444 e. The average molecular weight is 372 g/mol. The van der Waals surface area contributed by atoms with E-state index >= 15 is 0 Å². The van der Waals surface area contributed by atoms with Crippen LogP contribution in [-0.2, 0) is 10.1 Å². The van der Waals surface area contributed by atoms with Gasteiger partial charge in [0.1, 0.15) is 5.60 Å². The Balaban J connectivity index is 2.33. The minimum atomic E-state index is -0.566.